The summed E-state index contributed by atoms with van der Waals surface area (Å²) in [5.41, 5.74) is 1.12. The van der Waals surface area contributed by atoms with Gasteiger partial charge in [0, 0.05) is 28.9 Å². The monoisotopic (exact) mass is 285 g/mol. The zero-order valence-electron chi connectivity index (χ0n) is 10.6. The molecule has 0 saturated carbocycles. The van der Waals surface area contributed by atoms with E-state index in [1.165, 1.54) is 0 Å². The lowest BCUT2D eigenvalue weighted by atomic mass is 9.95. The summed E-state index contributed by atoms with van der Waals surface area (Å²) in [6.45, 7) is 1.37. The van der Waals surface area contributed by atoms with Crippen LogP contribution < -0.4 is 0 Å². The third-order valence-corrected chi connectivity index (χ3v) is 4.13. The Morgan fingerprint density at radius 3 is 2.80 bits per heavy atom. The Morgan fingerprint density at radius 1 is 1.20 bits per heavy atom. The molecule has 100 valence electrons. The Kier molecular flexibility index (Phi) is 2.40. The molecule has 2 aliphatic heterocycles. The molecule has 4 rings (SSSR count). The molecular formula is C15H12ClN3O. The van der Waals surface area contributed by atoms with Crippen LogP contribution in [0.3, 0.4) is 0 Å². The normalized spacial score (nSPS) is 23.5. The van der Waals surface area contributed by atoms with Gasteiger partial charge < -0.3 is 10.0 Å². The summed E-state index contributed by atoms with van der Waals surface area (Å²) in [7, 11) is 0. The number of hydrogen-bond donors (Lipinski definition) is 1. The van der Waals surface area contributed by atoms with Crippen molar-refractivity contribution < 1.29 is 5.11 Å². The lowest BCUT2D eigenvalue weighted by molar-refractivity contribution is -0.0242. The Bertz CT molecular complexity index is 713. The van der Waals surface area contributed by atoms with Gasteiger partial charge in [-0.05, 0) is 24.3 Å². The maximum Gasteiger partial charge on any atom is 0.194 e. The first-order valence-electron chi connectivity index (χ1n) is 6.47. The number of hydrogen-bond acceptors (Lipinski definition) is 4. The molecule has 20 heavy (non-hydrogen) atoms. The van der Waals surface area contributed by atoms with Crippen molar-refractivity contribution in [1.29, 1.82) is 0 Å². The number of fused-ring (bicyclic) bond motifs is 3. The second-order valence-electron chi connectivity index (χ2n) is 4.94. The first kappa shape index (κ1) is 11.9. The van der Waals surface area contributed by atoms with Crippen molar-refractivity contribution in [2.45, 2.75) is 5.72 Å². The van der Waals surface area contributed by atoms with Gasteiger partial charge in [0.2, 0.25) is 0 Å². The zero-order chi connectivity index (χ0) is 13.7. The summed E-state index contributed by atoms with van der Waals surface area (Å²) in [4.78, 5) is 10.8. The summed E-state index contributed by atoms with van der Waals surface area (Å²) in [6.07, 6.45) is 1.73. The largest absolute Gasteiger partial charge is 0.363 e. The number of aliphatic hydroxyl groups is 1. The molecule has 1 aromatic carbocycles. The van der Waals surface area contributed by atoms with E-state index in [4.69, 9.17) is 11.6 Å². The fourth-order valence-corrected chi connectivity index (χ4v) is 3.09. The molecule has 0 saturated heterocycles. The molecule has 0 spiro atoms. The molecule has 3 heterocycles. The van der Waals surface area contributed by atoms with E-state index in [1.807, 2.05) is 29.2 Å². The number of benzene rings is 1. The van der Waals surface area contributed by atoms with Crippen LogP contribution in [0.1, 0.15) is 16.8 Å². The summed E-state index contributed by atoms with van der Waals surface area (Å²) in [6, 6.07) is 11.0. The molecule has 4 nitrogen and oxygen atoms in total. The Balaban J connectivity index is 1.97. The highest BCUT2D eigenvalue weighted by Gasteiger charge is 2.50. The maximum atomic E-state index is 11.3. The van der Waals surface area contributed by atoms with Crippen LogP contribution in [-0.2, 0) is 5.72 Å². The Labute approximate surface area is 121 Å². The predicted molar refractivity (Wildman–Crippen MR) is 76.8 cm³/mol. The molecule has 1 unspecified atom stereocenters. The minimum atomic E-state index is -1.20. The predicted octanol–water partition coefficient (Wildman–Crippen LogP) is 2.00. The van der Waals surface area contributed by atoms with Crippen LogP contribution in [0.25, 0.3) is 0 Å². The lowest BCUT2D eigenvalue weighted by Gasteiger charge is -2.33. The number of aliphatic imine (C=N–C) groups is 1. The number of pyridine rings is 1. The van der Waals surface area contributed by atoms with Gasteiger partial charge in [0.15, 0.2) is 11.6 Å². The molecule has 5 heteroatoms. The van der Waals surface area contributed by atoms with E-state index in [-0.39, 0.29) is 0 Å². The SMILES string of the molecule is OC1(c2ccc(Cl)cc2)c2cccnc2C2=NCCN21. The molecule has 0 fully saturated rings. The second kappa shape index (κ2) is 4.04. The molecule has 2 aromatic rings. The number of halogens is 1. The minimum absolute atomic E-state index is 0.650. The average molecular weight is 286 g/mol. The lowest BCUT2D eigenvalue weighted by Crippen LogP contribution is -2.43. The van der Waals surface area contributed by atoms with Gasteiger partial charge in [-0.1, -0.05) is 23.7 Å². The smallest absolute Gasteiger partial charge is 0.194 e. The van der Waals surface area contributed by atoms with Crippen molar-refractivity contribution in [2.24, 2.45) is 4.99 Å². The van der Waals surface area contributed by atoms with Crippen LogP contribution in [0.4, 0.5) is 0 Å². The van der Waals surface area contributed by atoms with Gasteiger partial charge >= 0.3 is 0 Å². The standard InChI is InChI=1S/C15H12ClN3O/c16-11-5-3-10(4-6-11)15(20)12-2-1-7-17-13(12)14-18-8-9-19(14)15/h1-7,20H,8-9H2. The van der Waals surface area contributed by atoms with Crippen molar-refractivity contribution in [3.63, 3.8) is 0 Å². The van der Waals surface area contributed by atoms with Crippen molar-refractivity contribution >= 4 is 17.4 Å². The number of nitrogens with zero attached hydrogens (tertiary/aromatic N) is 3. The molecular weight excluding hydrogens is 274 g/mol. The highest BCUT2D eigenvalue weighted by Crippen LogP contribution is 2.43. The van der Waals surface area contributed by atoms with E-state index >= 15 is 0 Å². The summed E-state index contributed by atoms with van der Waals surface area (Å²) < 4.78 is 0. The van der Waals surface area contributed by atoms with Gasteiger partial charge in [0.25, 0.3) is 0 Å². The van der Waals surface area contributed by atoms with Crippen molar-refractivity contribution in [1.82, 2.24) is 9.88 Å². The molecule has 2 aliphatic rings. The van der Waals surface area contributed by atoms with Gasteiger partial charge in [0.05, 0.1) is 6.54 Å². The molecule has 0 radical (unpaired) electrons. The first-order chi connectivity index (χ1) is 9.71. The van der Waals surface area contributed by atoms with Crippen LogP contribution in [0.2, 0.25) is 5.02 Å². The number of aromatic nitrogens is 1. The van der Waals surface area contributed by atoms with Crippen LogP contribution in [0.5, 0.6) is 0 Å². The Morgan fingerprint density at radius 2 is 2.00 bits per heavy atom. The van der Waals surface area contributed by atoms with Crippen LogP contribution in [0, 0.1) is 0 Å². The number of amidine groups is 1. The average Bonchev–Trinajstić information content (AvgIpc) is 3.04. The van der Waals surface area contributed by atoms with Crippen molar-refractivity contribution in [3.05, 3.63) is 64.4 Å². The van der Waals surface area contributed by atoms with E-state index in [9.17, 15) is 5.11 Å². The quantitative estimate of drug-likeness (QED) is 0.872. The van der Waals surface area contributed by atoms with Gasteiger partial charge in [0.1, 0.15) is 5.69 Å². The van der Waals surface area contributed by atoms with Crippen molar-refractivity contribution in [2.75, 3.05) is 13.1 Å². The molecule has 1 atom stereocenters. The Hall–Kier alpha value is -1.91. The summed E-state index contributed by atoms with van der Waals surface area (Å²) in [5.74, 6) is 0.776. The second-order valence-corrected chi connectivity index (χ2v) is 5.37. The first-order valence-corrected chi connectivity index (χ1v) is 6.85. The minimum Gasteiger partial charge on any atom is -0.363 e. The fourth-order valence-electron chi connectivity index (χ4n) is 2.97. The van der Waals surface area contributed by atoms with Crippen LogP contribution in [-0.4, -0.2) is 33.9 Å². The van der Waals surface area contributed by atoms with Gasteiger partial charge in [-0.2, -0.15) is 0 Å². The maximum absolute atomic E-state index is 11.3. The van der Waals surface area contributed by atoms with Crippen LogP contribution in [0.15, 0.2) is 47.6 Å². The van der Waals surface area contributed by atoms with E-state index in [1.54, 1.807) is 18.3 Å². The molecule has 0 bridgehead atoms. The number of rotatable bonds is 1. The molecule has 0 amide bonds. The molecule has 0 aliphatic carbocycles. The van der Waals surface area contributed by atoms with E-state index in [2.05, 4.69) is 9.98 Å². The van der Waals surface area contributed by atoms with Gasteiger partial charge in [-0.15, -0.1) is 0 Å². The highest BCUT2D eigenvalue weighted by atomic mass is 35.5. The van der Waals surface area contributed by atoms with Gasteiger partial charge in [-0.3, -0.25) is 9.98 Å². The van der Waals surface area contributed by atoms with Crippen molar-refractivity contribution in [3.8, 4) is 0 Å². The van der Waals surface area contributed by atoms with E-state index in [0.29, 0.717) is 18.1 Å². The zero-order valence-corrected chi connectivity index (χ0v) is 11.4. The topological polar surface area (TPSA) is 48.7 Å². The third-order valence-electron chi connectivity index (χ3n) is 3.87. The highest BCUT2D eigenvalue weighted by molar-refractivity contribution is 6.30. The van der Waals surface area contributed by atoms with E-state index in [0.717, 1.165) is 22.7 Å². The summed E-state index contributed by atoms with van der Waals surface area (Å²) >= 11 is 5.94. The van der Waals surface area contributed by atoms with Crippen LogP contribution >= 0.6 is 11.6 Å². The third kappa shape index (κ3) is 1.40. The molecule has 1 aromatic heterocycles. The van der Waals surface area contributed by atoms with E-state index < -0.39 is 5.72 Å². The van der Waals surface area contributed by atoms with Gasteiger partial charge in [-0.25, -0.2) is 0 Å². The molecule has 1 N–H and O–H groups in total. The fraction of sp³-hybridized carbons (Fsp3) is 0.200. The summed E-state index contributed by atoms with van der Waals surface area (Å²) in [5, 5.41) is 12.0.